The van der Waals surface area contributed by atoms with Crippen LogP contribution in [0, 0.1) is 11.6 Å². The molecule has 0 saturated carbocycles. The molecule has 0 fully saturated rings. The SMILES string of the molecule is O=C(O)Cc1cc(=O)n2[nH]c(-c3ccc(F)cc3)c(-c3ccc(F)cc3)c2n1. The zero-order valence-electron chi connectivity index (χ0n) is 14.3. The van der Waals surface area contributed by atoms with Crippen molar-refractivity contribution in [1.82, 2.24) is 14.6 Å². The van der Waals surface area contributed by atoms with Gasteiger partial charge in [0.05, 0.1) is 23.4 Å². The Kier molecular flexibility index (Phi) is 4.23. The van der Waals surface area contributed by atoms with Crippen LogP contribution < -0.4 is 5.56 Å². The van der Waals surface area contributed by atoms with Crippen molar-refractivity contribution in [2.75, 3.05) is 0 Å². The van der Waals surface area contributed by atoms with Gasteiger partial charge < -0.3 is 5.11 Å². The average Bonchev–Trinajstić information content (AvgIpc) is 3.02. The van der Waals surface area contributed by atoms with Crippen LogP contribution in [0.2, 0.25) is 0 Å². The molecule has 8 heteroatoms. The van der Waals surface area contributed by atoms with Gasteiger partial charge in [-0.3, -0.25) is 14.7 Å². The second-order valence-corrected chi connectivity index (χ2v) is 6.19. The van der Waals surface area contributed by atoms with Gasteiger partial charge in [-0.15, -0.1) is 0 Å². The number of carboxylic acid groups (broad SMARTS) is 1. The molecule has 0 unspecified atom stereocenters. The summed E-state index contributed by atoms with van der Waals surface area (Å²) in [5.41, 5.74) is 1.93. The predicted molar refractivity (Wildman–Crippen MR) is 97.9 cm³/mol. The summed E-state index contributed by atoms with van der Waals surface area (Å²) in [6.07, 6.45) is -0.411. The van der Waals surface area contributed by atoms with E-state index >= 15 is 0 Å². The average molecular weight is 381 g/mol. The fourth-order valence-corrected chi connectivity index (χ4v) is 3.05. The molecule has 0 bridgehead atoms. The van der Waals surface area contributed by atoms with Crippen molar-refractivity contribution in [1.29, 1.82) is 0 Å². The summed E-state index contributed by atoms with van der Waals surface area (Å²) >= 11 is 0. The Balaban J connectivity index is 2.04. The van der Waals surface area contributed by atoms with Crippen LogP contribution in [0.3, 0.4) is 0 Å². The van der Waals surface area contributed by atoms with Gasteiger partial charge in [0.15, 0.2) is 5.65 Å². The van der Waals surface area contributed by atoms with E-state index in [9.17, 15) is 18.4 Å². The van der Waals surface area contributed by atoms with E-state index in [1.54, 1.807) is 0 Å². The number of benzene rings is 2. The summed E-state index contributed by atoms with van der Waals surface area (Å²) in [7, 11) is 0. The minimum absolute atomic E-state index is 0.102. The number of fused-ring (bicyclic) bond motifs is 1. The Morgan fingerprint density at radius 3 is 2.14 bits per heavy atom. The van der Waals surface area contributed by atoms with E-state index in [2.05, 4.69) is 10.1 Å². The molecular formula is C20H13F2N3O3. The normalized spacial score (nSPS) is 11.1. The first kappa shape index (κ1) is 17.6. The summed E-state index contributed by atoms with van der Waals surface area (Å²) in [5.74, 6) is -1.96. The highest BCUT2D eigenvalue weighted by molar-refractivity contribution is 5.90. The lowest BCUT2D eigenvalue weighted by molar-refractivity contribution is -0.136. The smallest absolute Gasteiger partial charge is 0.309 e. The lowest BCUT2D eigenvalue weighted by atomic mass is 10.0. The van der Waals surface area contributed by atoms with Gasteiger partial charge in [0, 0.05) is 11.6 Å². The number of nitrogens with zero attached hydrogens (tertiary/aromatic N) is 2. The van der Waals surface area contributed by atoms with Crippen molar-refractivity contribution in [3.63, 3.8) is 0 Å². The molecule has 0 amide bonds. The fraction of sp³-hybridized carbons (Fsp3) is 0.0500. The van der Waals surface area contributed by atoms with Crippen LogP contribution in [0.15, 0.2) is 59.4 Å². The number of hydrogen-bond acceptors (Lipinski definition) is 3. The maximum absolute atomic E-state index is 13.4. The van der Waals surface area contributed by atoms with Crippen molar-refractivity contribution in [3.05, 3.63) is 82.3 Å². The maximum atomic E-state index is 13.4. The van der Waals surface area contributed by atoms with Crippen LogP contribution in [0.1, 0.15) is 5.69 Å². The summed E-state index contributed by atoms with van der Waals surface area (Å²) in [5, 5.41) is 12.0. The summed E-state index contributed by atoms with van der Waals surface area (Å²) in [4.78, 5) is 27.9. The minimum Gasteiger partial charge on any atom is -0.481 e. The van der Waals surface area contributed by atoms with E-state index in [4.69, 9.17) is 5.11 Å². The summed E-state index contributed by atoms with van der Waals surface area (Å²) in [6.45, 7) is 0. The van der Waals surface area contributed by atoms with Crippen molar-refractivity contribution < 1.29 is 18.7 Å². The van der Waals surface area contributed by atoms with Crippen LogP contribution in [0.5, 0.6) is 0 Å². The van der Waals surface area contributed by atoms with Gasteiger partial charge in [0.1, 0.15) is 11.6 Å². The Bertz CT molecular complexity index is 1240. The largest absolute Gasteiger partial charge is 0.481 e. The number of carbonyl (C=O) groups is 1. The topological polar surface area (TPSA) is 87.5 Å². The first-order chi connectivity index (χ1) is 13.4. The van der Waals surface area contributed by atoms with Gasteiger partial charge in [-0.2, -0.15) is 0 Å². The first-order valence-corrected chi connectivity index (χ1v) is 8.31. The van der Waals surface area contributed by atoms with Crippen molar-refractivity contribution in [2.45, 2.75) is 6.42 Å². The van der Waals surface area contributed by atoms with Crippen LogP contribution in [-0.4, -0.2) is 25.7 Å². The molecule has 0 saturated heterocycles. The number of H-pyrrole nitrogens is 1. The molecule has 0 radical (unpaired) electrons. The second kappa shape index (κ2) is 6.73. The highest BCUT2D eigenvalue weighted by Crippen LogP contribution is 2.34. The van der Waals surface area contributed by atoms with Gasteiger partial charge in [-0.25, -0.2) is 18.3 Å². The quantitative estimate of drug-likeness (QED) is 0.568. The Hall–Kier alpha value is -3.81. The zero-order chi connectivity index (χ0) is 19.8. The monoisotopic (exact) mass is 381 g/mol. The number of carboxylic acids is 1. The number of aliphatic carboxylic acids is 1. The molecule has 0 atom stereocenters. The van der Waals surface area contributed by atoms with E-state index in [1.807, 2.05) is 0 Å². The molecule has 0 aliphatic carbocycles. The fourth-order valence-electron chi connectivity index (χ4n) is 3.05. The molecule has 2 aromatic heterocycles. The van der Waals surface area contributed by atoms with Crippen molar-refractivity contribution in [3.8, 4) is 22.4 Å². The third-order valence-electron chi connectivity index (χ3n) is 4.27. The number of hydrogen-bond donors (Lipinski definition) is 2. The van der Waals surface area contributed by atoms with Gasteiger partial charge >= 0.3 is 5.97 Å². The first-order valence-electron chi connectivity index (χ1n) is 8.31. The number of rotatable bonds is 4. The molecule has 0 spiro atoms. The van der Waals surface area contributed by atoms with Crippen molar-refractivity contribution in [2.24, 2.45) is 0 Å². The molecule has 2 N–H and O–H groups in total. The van der Waals surface area contributed by atoms with Gasteiger partial charge in [0.25, 0.3) is 5.56 Å². The molecule has 4 aromatic rings. The van der Waals surface area contributed by atoms with E-state index in [-0.39, 0.29) is 11.3 Å². The summed E-state index contributed by atoms with van der Waals surface area (Å²) < 4.78 is 27.9. The van der Waals surface area contributed by atoms with Crippen LogP contribution >= 0.6 is 0 Å². The highest BCUT2D eigenvalue weighted by Gasteiger charge is 2.19. The lowest BCUT2D eigenvalue weighted by Gasteiger charge is -2.05. The molecule has 2 aromatic carbocycles. The minimum atomic E-state index is -1.12. The molecule has 0 aliphatic rings. The van der Waals surface area contributed by atoms with Crippen LogP contribution in [0.25, 0.3) is 28.0 Å². The standard InChI is InChI=1S/C20H13F2N3O3/c21-13-5-1-11(2-6-13)18-19(12-3-7-14(22)8-4-12)24-25-16(26)9-15(10-17(27)28)23-20(18)25/h1-9,24H,10H2,(H,27,28). The molecule has 4 rings (SSSR count). The maximum Gasteiger partial charge on any atom is 0.309 e. The lowest BCUT2D eigenvalue weighted by Crippen LogP contribution is -2.17. The van der Waals surface area contributed by atoms with E-state index < -0.39 is 29.6 Å². The summed E-state index contributed by atoms with van der Waals surface area (Å²) in [6, 6.07) is 12.4. The van der Waals surface area contributed by atoms with E-state index in [0.29, 0.717) is 22.4 Å². The van der Waals surface area contributed by atoms with Gasteiger partial charge in [0.2, 0.25) is 0 Å². The number of halogens is 2. The predicted octanol–water partition coefficient (Wildman–Crippen LogP) is 3.26. The van der Waals surface area contributed by atoms with E-state index in [0.717, 1.165) is 6.07 Å². The van der Waals surface area contributed by atoms with Gasteiger partial charge in [-0.05, 0) is 42.0 Å². The zero-order valence-corrected chi connectivity index (χ0v) is 14.3. The Morgan fingerprint density at radius 2 is 1.57 bits per heavy atom. The molecule has 6 nitrogen and oxygen atoms in total. The Labute approximate surface area is 156 Å². The van der Waals surface area contributed by atoms with Crippen LogP contribution in [0.4, 0.5) is 8.78 Å². The van der Waals surface area contributed by atoms with Crippen molar-refractivity contribution >= 4 is 11.6 Å². The molecule has 0 aliphatic heterocycles. The van der Waals surface area contributed by atoms with Crippen LogP contribution in [-0.2, 0) is 11.2 Å². The molecule has 28 heavy (non-hydrogen) atoms. The number of aromatic amines is 1. The highest BCUT2D eigenvalue weighted by atomic mass is 19.1. The Morgan fingerprint density at radius 1 is 1.00 bits per heavy atom. The van der Waals surface area contributed by atoms with Gasteiger partial charge in [-0.1, -0.05) is 12.1 Å². The van der Waals surface area contributed by atoms with E-state index in [1.165, 1.54) is 53.0 Å². The third-order valence-corrected chi connectivity index (χ3v) is 4.27. The molecule has 2 heterocycles. The molecular weight excluding hydrogens is 368 g/mol. The number of aromatic nitrogens is 3. The second-order valence-electron chi connectivity index (χ2n) is 6.19. The third kappa shape index (κ3) is 3.16. The number of nitrogens with one attached hydrogen (secondary N) is 1. The molecule has 140 valence electrons.